The van der Waals surface area contributed by atoms with E-state index in [1.807, 2.05) is 31.2 Å². The Morgan fingerprint density at radius 1 is 1.45 bits per heavy atom. The van der Waals surface area contributed by atoms with Crippen LogP contribution in [0, 0.1) is 6.92 Å². The third-order valence-corrected chi connectivity index (χ3v) is 3.98. The van der Waals surface area contributed by atoms with Gasteiger partial charge in [0.2, 0.25) is 5.91 Å². The fraction of sp³-hybridized carbons (Fsp3) is 0.562. The molecule has 20 heavy (non-hydrogen) atoms. The fourth-order valence-electron chi connectivity index (χ4n) is 2.77. The van der Waals surface area contributed by atoms with Gasteiger partial charge in [-0.15, -0.1) is 0 Å². The van der Waals surface area contributed by atoms with E-state index in [4.69, 9.17) is 10.5 Å². The number of rotatable bonds is 5. The van der Waals surface area contributed by atoms with Gasteiger partial charge in [0.05, 0.1) is 6.10 Å². The quantitative estimate of drug-likeness (QED) is 0.869. The van der Waals surface area contributed by atoms with E-state index in [-0.39, 0.29) is 12.0 Å². The number of amides is 1. The van der Waals surface area contributed by atoms with E-state index in [0.29, 0.717) is 19.4 Å². The van der Waals surface area contributed by atoms with Crippen molar-refractivity contribution in [1.82, 2.24) is 0 Å². The minimum absolute atomic E-state index is 0.110. The Balaban J connectivity index is 2.16. The highest BCUT2D eigenvalue weighted by Gasteiger charge is 2.41. The van der Waals surface area contributed by atoms with E-state index in [9.17, 15) is 4.79 Å². The standard InChI is InChI=1S/C16H24N2O2/c1-3-4-14-11-16(15(17)19,9-10-20-14)18-13-7-5-12(2)6-8-13/h5-8,14,18H,3-4,9-11H2,1-2H3,(H2,17,19). The third kappa shape index (κ3) is 3.31. The number of anilines is 1. The van der Waals surface area contributed by atoms with Crippen LogP contribution in [0.2, 0.25) is 0 Å². The summed E-state index contributed by atoms with van der Waals surface area (Å²) in [5.41, 5.74) is 7.12. The van der Waals surface area contributed by atoms with E-state index in [1.54, 1.807) is 0 Å². The molecule has 0 spiro atoms. The maximum atomic E-state index is 12.0. The molecule has 1 aliphatic heterocycles. The number of nitrogens with two attached hydrogens (primary N) is 1. The monoisotopic (exact) mass is 276 g/mol. The molecule has 1 aromatic rings. The van der Waals surface area contributed by atoms with Gasteiger partial charge in [-0.05, 0) is 25.5 Å². The first kappa shape index (κ1) is 14.9. The highest BCUT2D eigenvalue weighted by molar-refractivity contribution is 5.88. The molecule has 4 nitrogen and oxygen atoms in total. The summed E-state index contributed by atoms with van der Waals surface area (Å²) < 4.78 is 5.73. The van der Waals surface area contributed by atoms with Crippen molar-refractivity contribution in [2.75, 3.05) is 11.9 Å². The zero-order valence-electron chi connectivity index (χ0n) is 12.3. The maximum absolute atomic E-state index is 12.0. The van der Waals surface area contributed by atoms with Crippen molar-refractivity contribution in [3.63, 3.8) is 0 Å². The molecular formula is C16H24N2O2. The topological polar surface area (TPSA) is 64.3 Å². The zero-order chi connectivity index (χ0) is 14.6. The highest BCUT2D eigenvalue weighted by Crippen LogP contribution is 2.30. The lowest BCUT2D eigenvalue weighted by Crippen LogP contribution is -2.56. The number of hydrogen-bond donors (Lipinski definition) is 2. The second kappa shape index (κ2) is 6.27. The molecule has 2 unspecified atom stereocenters. The maximum Gasteiger partial charge on any atom is 0.243 e. The van der Waals surface area contributed by atoms with Crippen LogP contribution in [0.15, 0.2) is 24.3 Å². The first-order valence-electron chi connectivity index (χ1n) is 7.32. The van der Waals surface area contributed by atoms with Crippen LogP contribution in [0.3, 0.4) is 0 Å². The predicted octanol–water partition coefficient (Wildman–Crippen LogP) is 2.61. The minimum atomic E-state index is -0.687. The molecule has 0 aliphatic carbocycles. The molecule has 4 heteroatoms. The molecule has 0 aromatic heterocycles. The molecule has 110 valence electrons. The molecule has 1 aromatic carbocycles. The Morgan fingerprint density at radius 2 is 2.15 bits per heavy atom. The van der Waals surface area contributed by atoms with Gasteiger partial charge in [-0.3, -0.25) is 4.79 Å². The molecule has 0 radical (unpaired) electrons. The Kier molecular flexibility index (Phi) is 4.65. The van der Waals surface area contributed by atoms with Crippen molar-refractivity contribution in [1.29, 1.82) is 0 Å². The summed E-state index contributed by atoms with van der Waals surface area (Å²) in [4.78, 5) is 12.0. The molecule has 3 N–H and O–H groups in total. The average Bonchev–Trinajstić information content (AvgIpc) is 2.42. The van der Waals surface area contributed by atoms with E-state index < -0.39 is 5.54 Å². The van der Waals surface area contributed by atoms with E-state index in [2.05, 4.69) is 12.2 Å². The van der Waals surface area contributed by atoms with Crippen molar-refractivity contribution in [3.8, 4) is 0 Å². The van der Waals surface area contributed by atoms with Crippen LogP contribution >= 0.6 is 0 Å². The van der Waals surface area contributed by atoms with Gasteiger partial charge in [0.15, 0.2) is 0 Å². The van der Waals surface area contributed by atoms with Gasteiger partial charge in [-0.25, -0.2) is 0 Å². The van der Waals surface area contributed by atoms with Crippen molar-refractivity contribution in [2.24, 2.45) is 5.73 Å². The zero-order valence-corrected chi connectivity index (χ0v) is 12.3. The number of aryl methyl sites for hydroxylation is 1. The summed E-state index contributed by atoms with van der Waals surface area (Å²) in [7, 11) is 0. The number of carbonyl (C=O) groups is 1. The van der Waals surface area contributed by atoms with E-state index in [0.717, 1.165) is 18.5 Å². The smallest absolute Gasteiger partial charge is 0.243 e. The summed E-state index contributed by atoms with van der Waals surface area (Å²) in [5.74, 6) is -0.289. The Labute approximate surface area is 120 Å². The summed E-state index contributed by atoms with van der Waals surface area (Å²) in [5, 5.41) is 3.35. The lowest BCUT2D eigenvalue weighted by Gasteiger charge is -2.39. The average molecular weight is 276 g/mol. The van der Waals surface area contributed by atoms with Crippen LogP contribution in [-0.2, 0) is 9.53 Å². The molecule has 1 heterocycles. The second-order valence-corrected chi connectivity index (χ2v) is 5.67. The second-order valence-electron chi connectivity index (χ2n) is 5.67. The summed E-state index contributed by atoms with van der Waals surface area (Å²) in [6.45, 7) is 4.74. The van der Waals surface area contributed by atoms with Gasteiger partial charge in [-0.1, -0.05) is 31.0 Å². The van der Waals surface area contributed by atoms with E-state index >= 15 is 0 Å². The van der Waals surface area contributed by atoms with Gasteiger partial charge in [0, 0.05) is 25.1 Å². The molecule has 2 rings (SSSR count). The van der Waals surface area contributed by atoms with Gasteiger partial charge < -0.3 is 15.8 Å². The summed E-state index contributed by atoms with van der Waals surface area (Å²) in [6, 6.07) is 8.04. The van der Waals surface area contributed by atoms with Crippen LogP contribution in [0.5, 0.6) is 0 Å². The molecule has 1 fully saturated rings. The highest BCUT2D eigenvalue weighted by atomic mass is 16.5. The molecule has 0 saturated carbocycles. The van der Waals surface area contributed by atoms with Crippen molar-refractivity contribution in [3.05, 3.63) is 29.8 Å². The van der Waals surface area contributed by atoms with Crippen molar-refractivity contribution >= 4 is 11.6 Å². The Hall–Kier alpha value is -1.55. The Morgan fingerprint density at radius 3 is 2.75 bits per heavy atom. The molecule has 1 aliphatic rings. The third-order valence-electron chi connectivity index (χ3n) is 3.98. The first-order valence-corrected chi connectivity index (χ1v) is 7.32. The van der Waals surface area contributed by atoms with Crippen LogP contribution in [0.1, 0.15) is 38.2 Å². The number of primary amides is 1. The molecule has 1 amide bonds. The number of hydrogen-bond acceptors (Lipinski definition) is 3. The number of benzene rings is 1. The van der Waals surface area contributed by atoms with Crippen LogP contribution in [0.4, 0.5) is 5.69 Å². The van der Waals surface area contributed by atoms with Crippen molar-refractivity contribution < 1.29 is 9.53 Å². The molecule has 2 atom stereocenters. The number of nitrogens with one attached hydrogen (secondary N) is 1. The lowest BCUT2D eigenvalue weighted by atomic mass is 9.84. The molecule has 1 saturated heterocycles. The number of carbonyl (C=O) groups excluding carboxylic acids is 1. The number of ether oxygens (including phenoxy) is 1. The predicted molar refractivity (Wildman–Crippen MR) is 80.6 cm³/mol. The van der Waals surface area contributed by atoms with Crippen LogP contribution in [0.25, 0.3) is 0 Å². The summed E-state index contributed by atoms with van der Waals surface area (Å²) in [6.07, 6.45) is 3.38. The normalized spacial score (nSPS) is 26.2. The fourth-order valence-corrected chi connectivity index (χ4v) is 2.77. The summed E-state index contributed by atoms with van der Waals surface area (Å²) >= 11 is 0. The molecular weight excluding hydrogens is 252 g/mol. The first-order chi connectivity index (χ1) is 9.55. The SMILES string of the molecule is CCCC1CC(Nc2ccc(C)cc2)(C(N)=O)CCO1. The van der Waals surface area contributed by atoms with Crippen molar-refractivity contribution in [2.45, 2.75) is 51.2 Å². The van der Waals surface area contributed by atoms with E-state index in [1.165, 1.54) is 5.56 Å². The van der Waals surface area contributed by atoms with Gasteiger partial charge in [0.1, 0.15) is 5.54 Å². The minimum Gasteiger partial charge on any atom is -0.378 e. The largest absolute Gasteiger partial charge is 0.378 e. The Bertz CT molecular complexity index is 456. The molecule has 0 bridgehead atoms. The van der Waals surface area contributed by atoms with Gasteiger partial charge in [0.25, 0.3) is 0 Å². The van der Waals surface area contributed by atoms with Crippen LogP contribution < -0.4 is 11.1 Å². The van der Waals surface area contributed by atoms with Gasteiger partial charge in [-0.2, -0.15) is 0 Å². The lowest BCUT2D eigenvalue weighted by molar-refractivity contribution is -0.127. The van der Waals surface area contributed by atoms with Gasteiger partial charge >= 0.3 is 0 Å². The van der Waals surface area contributed by atoms with Crippen LogP contribution in [-0.4, -0.2) is 24.2 Å².